The molecule has 0 saturated heterocycles. The topological polar surface area (TPSA) is 46.5 Å². The Bertz CT molecular complexity index is 445. The molecule has 0 radical (unpaired) electrons. The molecular formula is C10H8O3S2. The number of carboxylic acid groups (broad SMARTS) is 1. The maximum absolute atomic E-state index is 10.8. The van der Waals surface area contributed by atoms with Crippen LogP contribution in [0.2, 0.25) is 0 Å². The molecule has 0 saturated carbocycles. The van der Waals surface area contributed by atoms with Gasteiger partial charge in [-0.1, -0.05) is 6.07 Å². The Labute approximate surface area is 94.6 Å². The first-order valence-corrected chi connectivity index (χ1v) is 5.99. The van der Waals surface area contributed by atoms with E-state index in [0.29, 0.717) is 12.4 Å². The van der Waals surface area contributed by atoms with Gasteiger partial charge in [-0.05, 0) is 22.9 Å². The molecule has 0 atom stereocenters. The predicted molar refractivity (Wildman–Crippen MR) is 59.9 cm³/mol. The summed E-state index contributed by atoms with van der Waals surface area (Å²) in [6.45, 7) is 0.425. The number of hydrogen-bond acceptors (Lipinski definition) is 4. The van der Waals surface area contributed by atoms with Crippen molar-refractivity contribution in [2.24, 2.45) is 0 Å². The van der Waals surface area contributed by atoms with Crippen LogP contribution in [0.5, 0.6) is 5.75 Å². The second-order valence-corrected chi connectivity index (χ2v) is 4.74. The molecular weight excluding hydrogens is 232 g/mol. The molecule has 0 aliphatic rings. The van der Waals surface area contributed by atoms with Crippen molar-refractivity contribution in [2.75, 3.05) is 0 Å². The molecule has 0 unspecified atom stereocenters. The van der Waals surface area contributed by atoms with Crippen molar-refractivity contribution in [3.8, 4) is 5.75 Å². The number of carboxylic acids is 1. The van der Waals surface area contributed by atoms with E-state index in [-0.39, 0.29) is 4.88 Å². The van der Waals surface area contributed by atoms with Crippen LogP contribution in [0.3, 0.4) is 0 Å². The lowest BCUT2D eigenvalue weighted by Crippen LogP contribution is -1.98. The van der Waals surface area contributed by atoms with E-state index in [1.54, 1.807) is 22.8 Å². The first-order valence-electron chi connectivity index (χ1n) is 4.23. The van der Waals surface area contributed by atoms with Crippen molar-refractivity contribution in [1.82, 2.24) is 0 Å². The smallest absolute Gasteiger partial charge is 0.349 e. The van der Waals surface area contributed by atoms with Crippen LogP contribution in [0.4, 0.5) is 0 Å². The van der Waals surface area contributed by atoms with Crippen molar-refractivity contribution < 1.29 is 14.6 Å². The Hall–Kier alpha value is -1.33. The zero-order chi connectivity index (χ0) is 10.7. The molecule has 15 heavy (non-hydrogen) atoms. The van der Waals surface area contributed by atoms with Gasteiger partial charge in [0.05, 0.1) is 0 Å². The van der Waals surface area contributed by atoms with E-state index >= 15 is 0 Å². The Balaban J connectivity index is 2.05. The molecule has 0 aliphatic heterocycles. The minimum atomic E-state index is -0.939. The second kappa shape index (κ2) is 4.46. The lowest BCUT2D eigenvalue weighted by atomic mass is 10.4. The van der Waals surface area contributed by atoms with E-state index in [2.05, 4.69) is 0 Å². The van der Waals surface area contributed by atoms with Gasteiger partial charge in [0.2, 0.25) is 0 Å². The van der Waals surface area contributed by atoms with Crippen molar-refractivity contribution >= 4 is 28.6 Å². The third-order valence-corrected chi connectivity index (χ3v) is 3.51. The summed E-state index contributed by atoms with van der Waals surface area (Å²) in [5.41, 5.74) is 0. The van der Waals surface area contributed by atoms with Crippen LogP contribution in [0.25, 0.3) is 0 Å². The average molecular weight is 240 g/mol. The maximum atomic E-state index is 10.8. The minimum Gasteiger partial charge on any atom is -0.486 e. The number of carbonyl (C=O) groups is 1. The molecule has 78 valence electrons. The number of thiophene rings is 2. The largest absolute Gasteiger partial charge is 0.486 e. The van der Waals surface area contributed by atoms with Crippen molar-refractivity contribution in [3.05, 3.63) is 38.7 Å². The monoisotopic (exact) mass is 240 g/mol. The summed E-state index contributed by atoms with van der Waals surface area (Å²) in [4.78, 5) is 12.1. The highest BCUT2D eigenvalue weighted by Crippen LogP contribution is 2.25. The molecule has 0 bridgehead atoms. The molecule has 0 aliphatic carbocycles. The molecule has 0 spiro atoms. The molecule has 3 nitrogen and oxygen atoms in total. The van der Waals surface area contributed by atoms with Gasteiger partial charge in [0.25, 0.3) is 0 Å². The molecule has 2 rings (SSSR count). The Morgan fingerprint density at radius 1 is 1.33 bits per heavy atom. The average Bonchev–Trinajstić information content (AvgIpc) is 2.86. The van der Waals surface area contributed by atoms with Gasteiger partial charge >= 0.3 is 5.97 Å². The van der Waals surface area contributed by atoms with Gasteiger partial charge in [-0.25, -0.2) is 4.79 Å². The normalized spacial score (nSPS) is 10.1. The van der Waals surface area contributed by atoms with Crippen molar-refractivity contribution in [1.29, 1.82) is 0 Å². The Morgan fingerprint density at radius 2 is 2.20 bits per heavy atom. The van der Waals surface area contributed by atoms with Gasteiger partial charge < -0.3 is 9.84 Å². The number of aromatic carboxylic acids is 1. The van der Waals surface area contributed by atoms with Crippen LogP contribution in [-0.4, -0.2) is 11.1 Å². The summed E-state index contributed by atoms with van der Waals surface area (Å²) in [6.07, 6.45) is 0. The quantitative estimate of drug-likeness (QED) is 0.893. The third-order valence-electron chi connectivity index (χ3n) is 1.77. The lowest BCUT2D eigenvalue weighted by Gasteiger charge is -2.02. The first-order chi connectivity index (χ1) is 7.27. The summed E-state index contributed by atoms with van der Waals surface area (Å²) >= 11 is 2.76. The predicted octanol–water partition coefficient (Wildman–Crippen LogP) is 3.09. The maximum Gasteiger partial charge on any atom is 0.349 e. The van der Waals surface area contributed by atoms with Crippen LogP contribution < -0.4 is 4.74 Å². The minimum absolute atomic E-state index is 0.256. The van der Waals surface area contributed by atoms with Gasteiger partial charge in [-0.3, -0.25) is 0 Å². The zero-order valence-corrected chi connectivity index (χ0v) is 9.31. The Morgan fingerprint density at radius 3 is 2.87 bits per heavy atom. The second-order valence-electron chi connectivity index (χ2n) is 2.79. The van der Waals surface area contributed by atoms with Gasteiger partial charge in [-0.15, -0.1) is 22.7 Å². The zero-order valence-electron chi connectivity index (χ0n) is 7.67. The molecule has 0 aromatic carbocycles. The van der Waals surface area contributed by atoms with Crippen molar-refractivity contribution in [3.63, 3.8) is 0 Å². The summed E-state index contributed by atoms with van der Waals surface area (Å²) in [7, 11) is 0. The third kappa shape index (κ3) is 2.37. The number of hydrogen-bond donors (Lipinski definition) is 1. The summed E-state index contributed by atoms with van der Waals surface area (Å²) in [5, 5.41) is 12.5. The van der Waals surface area contributed by atoms with Crippen LogP contribution in [0.1, 0.15) is 14.5 Å². The highest BCUT2D eigenvalue weighted by molar-refractivity contribution is 7.12. The molecule has 1 N–H and O–H groups in total. The van der Waals surface area contributed by atoms with Crippen LogP contribution in [-0.2, 0) is 6.61 Å². The van der Waals surface area contributed by atoms with E-state index in [1.165, 1.54) is 11.3 Å². The fourth-order valence-electron chi connectivity index (χ4n) is 1.11. The van der Waals surface area contributed by atoms with E-state index in [1.807, 2.05) is 17.5 Å². The lowest BCUT2D eigenvalue weighted by molar-refractivity contribution is 0.0697. The van der Waals surface area contributed by atoms with Crippen LogP contribution >= 0.6 is 22.7 Å². The first kappa shape index (κ1) is 10.2. The van der Waals surface area contributed by atoms with Gasteiger partial charge in [0.15, 0.2) is 4.88 Å². The molecule has 5 heteroatoms. The molecule has 2 aromatic rings. The highest BCUT2D eigenvalue weighted by atomic mass is 32.1. The summed E-state index contributed by atoms with van der Waals surface area (Å²) < 4.78 is 5.42. The van der Waals surface area contributed by atoms with Gasteiger partial charge in [-0.2, -0.15) is 0 Å². The van der Waals surface area contributed by atoms with E-state index in [9.17, 15) is 4.79 Å². The highest BCUT2D eigenvalue weighted by Gasteiger charge is 2.12. The molecule has 2 heterocycles. The van der Waals surface area contributed by atoms with Crippen molar-refractivity contribution in [2.45, 2.75) is 6.61 Å². The van der Waals surface area contributed by atoms with Gasteiger partial charge in [0.1, 0.15) is 12.4 Å². The SMILES string of the molecule is O=C(O)c1sccc1OCc1cccs1. The van der Waals surface area contributed by atoms with E-state index in [4.69, 9.17) is 9.84 Å². The fourth-order valence-corrected chi connectivity index (χ4v) is 2.40. The van der Waals surface area contributed by atoms with Crippen LogP contribution in [0.15, 0.2) is 29.0 Å². The fraction of sp³-hybridized carbons (Fsp3) is 0.100. The molecule has 0 fully saturated rings. The standard InChI is InChI=1S/C10H8O3S2/c11-10(12)9-8(3-5-15-9)13-6-7-2-1-4-14-7/h1-5H,6H2,(H,11,12). The summed E-state index contributed by atoms with van der Waals surface area (Å²) in [5.74, 6) is -0.493. The molecule has 0 amide bonds. The molecule has 2 aromatic heterocycles. The summed E-state index contributed by atoms with van der Waals surface area (Å²) in [6, 6.07) is 5.58. The van der Waals surface area contributed by atoms with Gasteiger partial charge in [0, 0.05) is 4.88 Å². The number of ether oxygens (including phenoxy) is 1. The van der Waals surface area contributed by atoms with Crippen LogP contribution in [0, 0.1) is 0 Å². The van der Waals surface area contributed by atoms with E-state index < -0.39 is 5.97 Å². The number of rotatable bonds is 4. The van der Waals surface area contributed by atoms with E-state index in [0.717, 1.165) is 4.88 Å². The Kier molecular flexibility index (Phi) is 3.03.